The summed E-state index contributed by atoms with van der Waals surface area (Å²) in [5, 5.41) is 0. The highest BCUT2D eigenvalue weighted by molar-refractivity contribution is 5.56. The summed E-state index contributed by atoms with van der Waals surface area (Å²) in [5.41, 5.74) is 0.398. The van der Waals surface area contributed by atoms with Gasteiger partial charge in [0.1, 0.15) is 0 Å². The largest absolute Gasteiger partial charge is 0.493 e. The van der Waals surface area contributed by atoms with Crippen LogP contribution in [0.3, 0.4) is 0 Å². The lowest BCUT2D eigenvalue weighted by atomic mass is 10.2. The molecule has 0 N–H and O–H groups in total. The second-order valence-electron chi connectivity index (χ2n) is 2.99. The molecule has 0 heterocycles. The zero-order valence-electron chi connectivity index (χ0n) is 8.84. The average molecular weight is 232 g/mol. The maximum Gasteiger partial charge on any atom is 0.409 e. The predicted octanol–water partition coefficient (Wildman–Crippen LogP) is 3.28. The summed E-state index contributed by atoms with van der Waals surface area (Å²) in [6.07, 6.45) is -3.16. The van der Waals surface area contributed by atoms with Gasteiger partial charge in [-0.05, 0) is 23.8 Å². The first kappa shape index (κ1) is 12.4. The van der Waals surface area contributed by atoms with Crippen LogP contribution in [0.4, 0.5) is 13.2 Å². The summed E-state index contributed by atoms with van der Waals surface area (Å²) >= 11 is 0. The Bertz CT molecular complexity index is 383. The van der Waals surface area contributed by atoms with Gasteiger partial charge in [-0.15, -0.1) is 0 Å². The molecule has 5 heteroatoms. The van der Waals surface area contributed by atoms with Crippen molar-refractivity contribution in [2.75, 3.05) is 14.2 Å². The van der Waals surface area contributed by atoms with E-state index in [0.717, 1.165) is 6.08 Å². The van der Waals surface area contributed by atoms with E-state index in [1.807, 2.05) is 0 Å². The number of rotatable bonds is 3. The first-order valence-corrected chi connectivity index (χ1v) is 4.44. The topological polar surface area (TPSA) is 18.5 Å². The Morgan fingerprint density at radius 1 is 1.06 bits per heavy atom. The van der Waals surface area contributed by atoms with Crippen LogP contribution >= 0.6 is 0 Å². The molecule has 1 aromatic carbocycles. The Labute approximate surface area is 91.3 Å². The molecule has 1 rings (SSSR count). The molecule has 0 saturated carbocycles. The van der Waals surface area contributed by atoms with Gasteiger partial charge in [-0.2, -0.15) is 13.2 Å². The van der Waals surface area contributed by atoms with Crippen LogP contribution in [0.5, 0.6) is 11.5 Å². The quantitative estimate of drug-likeness (QED) is 0.796. The molecule has 2 nitrogen and oxygen atoms in total. The molecule has 88 valence electrons. The Kier molecular flexibility index (Phi) is 3.82. The molecule has 0 aromatic heterocycles. The SMILES string of the molecule is COc1ccc(/C=C/C(F)(F)F)cc1OC. The van der Waals surface area contributed by atoms with Crippen LogP contribution in [0, 0.1) is 0 Å². The first-order chi connectivity index (χ1) is 7.46. The van der Waals surface area contributed by atoms with Gasteiger partial charge in [0.15, 0.2) is 11.5 Å². The number of ether oxygens (including phenoxy) is 2. The third kappa shape index (κ3) is 3.49. The standard InChI is InChI=1S/C11H11F3O2/c1-15-9-4-3-8(7-10(9)16-2)5-6-11(12,13)14/h3-7H,1-2H3/b6-5+. The van der Waals surface area contributed by atoms with Crippen molar-refractivity contribution in [3.05, 3.63) is 29.8 Å². The Balaban J connectivity index is 2.96. The number of alkyl halides is 3. The minimum atomic E-state index is -4.31. The normalized spacial score (nSPS) is 11.8. The predicted molar refractivity (Wildman–Crippen MR) is 54.6 cm³/mol. The highest BCUT2D eigenvalue weighted by Crippen LogP contribution is 2.28. The van der Waals surface area contributed by atoms with Gasteiger partial charge in [0.25, 0.3) is 0 Å². The summed E-state index contributed by atoms with van der Waals surface area (Å²) in [6, 6.07) is 4.54. The minimum Gasteiger partial charge on any atom is -0.493 e. The summed E-state index contributed by atoms with van der Waals surface area (Å²) < 4.78 is 45.7. The minimum absolute atomic E-state index is 0.175. The second-order valence-corrected chi connectivity index (χ2v) is 2.99. The molecular formula is C11H11F3O2. The molecular weight excluding hydrogens is 221 g/mol. The lowest BCUT2D eigenvalue weighted by Gasteiger charge is -2.07. The fraction of sp³-hybridized carbons (Fsp3) is 0.273. The maximum atomic E-state index is 11.9. The lowest BCUT2D eigenvalue weighted by molar-refractivity contribution is -0.0790. The van der Waals surface area contributed by atoms with Crippen LogP contribution in [-0.4, -0.2) is 20.4 Å². The molecule has 0 spiro atoms. The van der Waals surface area contributed by atoms with Gasteiger partial charge in [-0.1, -0.05) is 6.07 Å². The Morgan fingerprint density at radius 2 is 1.69 bits per heavy atom. The van der Waals surface area contributed by atoms with Crippen molar-refractivity contribution in [1.82, 2.24) is 0 Å². The van der Waals surface area contributed by atoms with Gasteiger partial charge in [0, 0.05) is 6.08 Å². The van der Waals surface area contributed by atoms with E-state index < -0.39 is 6.18 Å². The van der Waals surface area contributed by atoms with Gasteiger partial charge in [-0.25, -0.2) is 0 Å². The molecule has 0 unspecified atom stereocenters. The summed E-state index contributed by atoms with van der Waals surface area (Å²) in [6.45, 7) is 0. The summed E-state index contributed by atoms with van der Waals surface area (Å²) in [4.78, 5) is 0. The number of hydrogen-bond acceptors (Lipinski definition) is 2. The zero-order valence-corrected chi connectivity index (χ0v) is 8.84. The highest BCUT2D eigenvalue weighted by Gasteiger charge is 2.21. The van der Waals surface area contributed by atoms with Gasteiger partial charge in [-0.3, -0.25) is 0 Å². The van der Waals surface area contributed by atoms with Crippen LogP contribution < -0.4 is 9.47 Å². The van der Waals surface area contributed by atoms with Crippen molar-refractivity contribution < 1.29 is 22.6 Å². The smallest absolute Gasteiger partial charge is 0.409 e. The molecule has 16 heavy (non-hydrogen) atoms. The van der Waals surface area contributed by atoms with E-state index in [-0.39, 0.29) is 6.08 Å². The maximum absolute atomic E-state index is 11.9. The third-order valence-corrected chi connectivity index (χ3v) is 1.87. The van der Waals surface area contributed by atoms with Crippen LogP contribution in [0.25, 0.3) is 6.08 Å². The van der Waals surface area contributed by atoms with E-state index in [1.165, 1.54) is 26.4 Å². The number of methoxy groups -OCH3 is 2. The number of halogens is 3. The zero-order chi connectivity index (χ0) is 12.2. The van der Waals surface area contributed by atoms with Crippen molar-refractivity contribution in [3.63, 3.8) is 0 Å². The monoisotopic (exact) mass is 232 g/mol. The molecule has 1 aromatic rings. The van der Waals surface area contributed by atoms with Crippen LogP contribution in [-0.2, 0) is 0 Å². The van der Waals surface area contributed by atoms with E-state index in [4.69, 9.17) is 9.47 Å². The number of hydrogen-bond donors (Lipinski definition) is 0. The van der Waals surface area contributed by atoms with E-state index in [9.17, 15) is 13.2 Å². The van der Waals surface area contributed by atoms with Crippen LogP contribution in [0.15, 0.2) is 24.3 Å². The van der Waals surface area contributed by atoms with Crippen LogP contribution in [0.2, 0.25) is 0 Å². The van der Waals surface area contributed by atoms with Gasteiger partial charge >= 0.3 is 6.18 Å². The molecule has 0 bridgehead atoms. The Hall–Kier alpha value is -1.65. The molecule has 0 fully saturated rings. The highest BCUT2D eigenvalue weighted by atomic mass is 19.4. The fourth-order valence-electron chi connectivity index (χ4n) is 1.15. The van der Waals surface area contributed by atoms with Crippen molar-refractivity contribution in [2.24, 2.45) is 0 Å². The summed E-state index contributed by atoms with van der Waals surface area (Å²) in [7, 11) is 2.89. The fourth-order valence-corrected chi connectivity index (χ4v) is 1.15. The molecule has 0 aliphatic heterocycles. The van der Waals surface area contributed by atoms with E-state index in [1.54, 1.807) is 6.07 Å². The van der Waals surface area contributed by atoms with Gasteiger partial charge in [0.05, 0.1) is 14.2 Å². The lowest BCUT2D eigenvalue weighted by Crippen LogP contribution is -2.00. The average Bonchev–Trinajstić information content (AvgIpc) is 2.25. The van der Waals surface area contributed by atoms with Gasteiger partial charge in [0.2, 0.25) is 0 Å². The van der Waals surface area contributed by atoms with Gasteiger partial charge < -0.3 is 9.47 Å². The van der Waals surface area contributed by atoms with E-state index in [2.05, 4.69) is 0 Å². The van der Waals surface area contributed by atoms with Crippen molar-refractivity contribution in [3.8, 4) is 11.5 Å². The second kappa shape index (κ2) is 4.92. The molecule has 0 aliphatic carbocycles. The molecule has 0 aliphatic rings. The molecule has 0 amide bonds. The Morgan fingerprint density at radius 3 is 2.19 bits per heavy atom. The molecule has 0 radical (unpaired) electrons. The summed E-state index contributed by atoms with van der Waals surface area (Å²) in [5.74, 6) is 0.874. The van der Waals surface area contributed by atoms with Crippen molar-refractivity contribution in [1.29, 1.82) is 0 Å². The van der Waals surface area contributed by atoms with Crippen molar-refractivity contribution >= 4 is 6.08 Å². The van der Waals surface area contributed by atoms with Crippen molar-refractivity contribution in [2.45, 2.75) is 6.18 Å². The molecule has 0 atom stereocenters. The van der Waals surface area contributed by atoms with E-state index >= 15 is 0 Å². The molecule has 0 saturated heterocycles. The number of allylic oxidation sites excluding steroid dienone is 1. The number of benzene rings is 1. The first-order valence-electron chi connectivity index (χ1n) is 4.44. The van der Waals surface area contributed by atoms with E-state index in [0.29, 0.717) is 17.1 Å². The van der Waals surface area contributed by atoms with Crippen LogP contribution in [0.1, 0.15) is 5.56 Å². The third-order valence-electron chi connectivity index (χ3n) is 1.87.